The van der Waals surface area contributed by atoms with Crippen molar-refractivity contribution in [3.63, 3.8) is 0 Å². The highest BCUT2D eigenvalue weighted by Gasteiger charge is 2.26. The van der Waals surface area contributed by atoms with Gasteiger partial charge < -0.3 is 16.0 Å². The summed E-state index contributed by atoms with van der Waals surface area (Å²) >= 11 is 8.12. The van der Waals surface area contributed by atoms with Gasteiger partial charge >= 0.3 is 0 Å². The van der Waals surface area contributed by atoms with Crippen molar-refractivity contribution >= 4 is 44.9 Å². The van der Waals surface area contributed by atoms with E-state index in [-0.39, 0.29) is 5.91 Å². The van der Waals surface area contributed by atoms with E-state index in [1.54, 1.807) is 17.5 Å². The second kappa shape index (κ2) is 9.10. The number of carbonyl (C=O) groups is 1. The summed E-state index contributed by atoms with van der Waals surface area (Å²) in [5.74, 6) is 1.29. The average Bonchev–Trinajstić information content (AvgIpc) is 3.50. The number of nitrogens with zero attached hydrogens (tertiary/aromatic N) is 2. The molecule has 1 amide bonds. The lowest BCUT2D eigenvalue weighted by atomic mass is 9.95. The van der Waals surface area contributed by atoms with Gasteiger partial charge in [-0.3, -0.25) is 4.79 Å². The second-order valence-electron chi connectivity index (χ2n) is 8.37. The van der Waals surface area contributed by atoms with Gasteiger partial charge in [0.1, 0.15) is 0 Å². The molecule has 1 aromatic carbocycles. The Labute approximate surface area is 190 Å². The summed E-state index contributed by atoms with van der Waals surface area (Å²) in [6.07, 6.45) is 7.32. The topological polar surface area (TPSA) is 78.9 Å². The van der Waals surface area contributed by atoms with Crippen LogP contribution in [0.3, 0.4) is 0 Å². The number of thiophene rings is 1. The fraction of sp³-hybridized carbons (Fsp3) is 0.435. The molecule has 3 aromatic rings. The lowest BCUT2D eigenvalue weighted by Gasteiger charge is -2.22. The molecule has 2 aliphatic rings. The van der Waals surface area contributed by atoms with E-state index in [1.165, 1.54) is 12.8 Å². The molecule has 1 aliphatic heterocycles. The van der Waals surface area contributed by atoms with Gasteiger partial charge in [0.05, 0.1) is 16.9 Å². The maximum Gasteiger partial charge on any atom is 0.252 e. The summed E-state index contributed by atoms with van der Waals surface area (Å²) < 4.78 is 1.05. The van der Waals surface area contributed by atoms with Gasteiger partial charge in [0.2, 0.25) is 5.95 Å². The van der Waals surface area contributed by atoms with Gasteiger partial charge in [-0.1, -0.05) is 17.7 Å². The Balaban J connectivity index is 1.40. The largest absolute Gasteiger partial charge is 0.354 e. The third-order valence-electron chi connectivity index (χ3n) is 6.05. The number of hydrogen-bond donors (Lipinski definition) is 3. The Morgan fingerprint density at radius 3 is 2.87 bits per heavy atom. The number of rotatable bonds is 7. The minimum absolute atomic E-state index is 0.0294. The summed E-state index contributed by atoms with van der Waals surface area (Å²) in [7, 11) is 0. The first-order chi connectivity index (χ1) is 15.2. The number of halogens is 1. The molecule has 0 spiro atoms. The molecular weight excluding hydrogens is 430 g/mol. The lowest BCUT2D eigenvalue weighted by Crippen LogP contribution is -2.28. The maximum absolute atomic E-state index is 12.8. The first kappa shape index (κ1) is 20.7. The van der Waals surface area contributed by atoms with Crippen molar-refractivity contribution in [3.05, 3.63) is 40.4 Å². The van der Waals surface area contributed by atoms with E-state index in [0.29, 0.717) is 28.3 Å². The van der Waals surface area contributed by atoms with Crippen LogP contribution in [0.25, 0.3) is 21.3 Å². The molecule has 1 saturated carbocycles. The standard InChI is InChI=1S/C23H26ClN5OS/c24-18-12-27-23(26-11-8-14-6-9-25-10-7-14)29-21(18)17-13-31-19-3-1-2-16(20(17)19)22(30)28-15-4-5-15/h1-3,12-15,25H,4-11H2,(H,28,30)(H,26,27,29). The summed E-state index contributed by atoms with van der Waals surface area (Å²) in [4.78, 5) is 21.9. The third kappa shape index (κ3) is 4.68. The zero-order chi connectivity index (χ0) is 21.2. The first-order valence-corrected chi connectivity index (χ1v) is 12.2. The number of benzene rings is 1. The third-order valence-corrected chi connectivity index (χ3v) is 7.27. The molecule has 2 fully saturated rings. The summed E-state index contributed by atoms with van der Waals surface area (Å²) in [5.41, 5.74) is 2.23. The highest BCUT2D eigenvalue weighted by atomic mass is 35.5. The van der Waals surface area contributed by atoms with E-state index in [1.807, 2.05) is 23.6 Å². The predicted molar refractivity (Wildman–Crippen MR) is 127 cm³/mol. The van der Waals surface area contributed by atoms with Gasteiger partial charge in [-0.25, -0.2) is 9.97 Å². The van der Waals surface area contributed by atoms with Crippen LogP contribution in [0.15, 0.2) is 29.8 Å². The molecule has 0 unspecified atom stereocenters. The van der Waals surface area contributed by atoms with Crippen LogP contribution >= 0.6 is 22.9 Å². The van der Waals surface area contributed by atoms with E-state index < -0.39 is 0 Å². The summed E-state index contributed by atoms with van der Waals surface area (Å²) in [6, 6.07) is 6.15. The molecule has 1 aliphatic carbocycles. The molecule has 1 saturated heterocycles. The normalized spacial score (nSPS) is 17.1. The Bertz CT molecular complexity index is 1090. The molecule has 2 aromatic heterocycles. The number of anilines is 1. The molecule has 0 radical (unpaired) electrons. The SMILES string of the molecule is O=C(NC1CC1)c1cccc2scc(-c3nc(NCCC4CCNCC4)ncc3Cl)c12. The van der Waals surface area contributed by atoms with Crippen molar-refractivity contribution in [2.75, 3.05) is 25.0 Å². The number of carbonyl (C=O) groups excluding carboxylic acids is 1. The summed E-state index contributed by atoms with van der Waals surface area (Å²) in [6.45, 7) is 3.05. The van der Waals surface area contributed by atoms with Gasteiger partial charge in [-0.15, -0.1) is 11.3 Å². The molecular formula is C23H26ClN5OS. The number of nitrogens with one attached hydrogen (secondary N) is 3. The van der Waals surface area contributed by atoms with Crippen LogP contribution in [0.1, 0.15) is 42.5 Å². The molecule has 0 bridgehead atoms. The van der Waals surface area contributed by atoms with E-state index in [0.717, 1.165) is 60.5 Å². The van der Waals surface area contributed by atoms with E-state index in [9.17, 15) is 4.79 Å². The van der Waals surface area contributed by atoms with Crippen LogP contribution in [0, 0.1) is 5.92 Å². The number of piperidine rings is 1. The number of amides is 1. The van der Waals surface area contributed by atoms with Crippen LogP contribution in [-0.2, 0) is 0 Å². The predicted octanol–water partition coefficient (Wildman–Crippen LogP) is 4.71. The van der Waals surface area contributed by atoms with Crippen LogP contribution in [-0.4, -0.2) is 41.6 Å². The van der Waals surface area contributed by atoms with Crippen LogP contribution in [0.2, 0.25) is 5.02 Å². The van der Waals surface area contributed by atoms with Crippen molar-refractivity contribution in [2.24, 2.45) is 5.92 Å². The van der Waals surface area contributed by atoms with Gasteiger partial charge in [-0.2, -0.15) is 0 Å². The summed E-state index contributed by atoms with van der Waals surface area (Å²) in [5, 5.41) is 13.3. The zero-order valence-corrected chi connectivity index (χ0v) is 18.9. The fourth-order valence-electron chi connectivity index (χ4n) is 4.14. The van der Waals surface area contributed by atoms with Crippen molar-refractivity contribution in [3.8, 4) is 11.3 Å². The van der Waals surface area contributed by atoms with E-state index >= 15 is 0 Å². The Morgan fingerprint density at radius 1 is 1.23 bits per heavy atom. The first-order valence-electron chi connectivity index (χ1n) is 11.0. The molecule has 5 rings (SSSR count). The van der Waals surface area contributed by atoms with E-state index in [4.69, 9.17) is 16.6 Å². The van der Waals surface area contributed by atoms with Crippen molar-refractivity contribution in [2.45, 2.75) is 38.1 Å². The molecule has 6 nitrogen and oxygen atoms in total. The fourth-order valence-corrected chi connectivity index (χ4v) is 5.30. The van der Waals surface area contributed by atoms with Crippen LogP contribution in [0.4, 0.5) is 5.95 Å². The van der Waals surface area contributed by atoms with Gasteiger partial charge in [0, 0.05) is 39.2 Å². The number of fused-ring (bicyclic) bond motifs is 1. The zero-order valence-electron chi connectivity index (χ0n) is 17.3. The highest BCUT2D eigenvalue weighted by Crippen LogP contribution is 2.38. The van der Waals surface area contributed by atoms with Gasteiger partial charge in [0.15, 0.2) is 0 Å². The molecule has 31 heavy (non-hydrogen) atoms. The molecule has 8 heteroatoms. The molecule has 3 N–H and O–H groups in total. The van der Waals surface area contributed by atoms with Crippen molar-refractivity contribution in [1.82, 2.24) is 20.6 Å². The molecule has 0 atom stereocenters. The number of aromatic nitrogens is 2. The highest BCUT2D eigenvalue weighted by molar-refractivity contribution is 7.17. The van der Waals surface area contributed by atoms with Crippen molar-refractivity contribution in [1.29, 1.82) is 0 Å². The molecule has 162 valence electrons. The quantitative estimate of drug-likeness (QED) is 0.481. The Hall–Kier alpha value is -2.22. The second-order valence-corrected chi connectivity index (χ2v) is 9.69. The van der Waals surface area contributed by atoms with Crippen molar-refractivity contribution < 1.29 is 4.79 Å². The maximum atomic E-state index is 12.8. The van der Waals surface area contributed by atoms with Gasteiger partial charge in [-0.05, 0) is 63.2 Å². The minimum atomic E-state index is -0.0294. The lowest BCUT2D eigenvalue weighted by molar-refractivity contribution is 0.0953. The average molecular weight is 456 g/mol. The minimum Gasteiger partial charge on any atom is -0.354 e. The van der Waals surface area contributed by atoms with Crippen LogP contribution in [0.5, 0.6) is 0 Å². The molecule has 3 heterocycles. The van der Waals surface area contributed by atoms with Crippen LogP contribution < -0.4 is 16.0 Å². The Morgan fingerprint density at radius 2 is 2.06 bits per heavy atom. The number of hydrogen-bond acceptors (Lipinski definition) is 6. The van der Waals surface area contributed by atoms with Gasteiger partial charge in [0.25, 0.3) is 5.91 Å². The smallest absolute Gasteiger partial charge is 0.252 e. The monoisotopic (exact) mass is 455 g/mol. The Kier molecular flexibility index (Phi) is 6.07. The van der Waals surface area contributed by atoms with E-state index in [2.05, 4.69) is 20.9 Å².